The minimum Gasteiger partial charge on any atom is -0.487 e. The summed E-state index contributed by atoms with van der Waals surface area (Å²) in [5, 5.41) is 5.86. The summed E-state index contributed by atoms with van der Waals surface area (Å²) in [6.45, 7) is 1.29. The SMILES string of the molecule is CS(=O)(=O)C1(C(=O)Nc2cccc(OCc3ccccn3)c2)CCNCC1. The molecule has 0 spiro atoms. The Balaban J connectivity index is 1.72. The number of hydrogen-bond acceptors (Lipinski definition) is 6. The second kappa shape index (κ2) is 8.06. The summed E-state index contributed by atoms with van der Waals surface area (Å²) in [4.78, 5) is 17.1. The largest absolute Gasteiger partial charge is 0.487 e. The molecule has 1 saturated heterocycles. The Morgan fingerprint density at radius 1 is 1.22 bits per heavy atom. The maximum Gasteiger partial charge on any atom is 0.245 e. The molecule has 144 valence electrons. The smallest absolute Gasteiger partial charge is 0.245 e. The Morgan fingerprint density at radius 2 is 2.00 bits per heavy atom. The van der Waals surface area contributed by atoms with Gasteiger partial charge in [0.2, 0.25) is 5.91 Å². The number of anilines is 1. The molecule has 1 aliphatic rings. The van der Waals surface area contributed by atoms with Crippen LogP contribution in [-0.4, -0.2) is 43.4 Å². The van der Waals surface area contributed by atoms with Crippen molar-refractivity contribution in [2.75, 3.05) is 24.7 Å². The van der Waals surface area contributed by atoms with Crippen molar-refractivity contribution in [3.8, 4) is 5.75 Å². The van der Waals surface area contributed by atoms with Crippen molar-refractivity contribution in [1.29, 1.82) is 0 Å². The number of pyridine rings is 1. The average Bonchev–Trinajstić information content (AvgIpc) is 2.67. The third kappa shape index (κ3) is 4.45. The van der Waals surface area contributed by atoms with Crippen LogP contribution in [0.25, 0.3) is 0 Å². The second-order valence-corrected chi connectivity index (χ2v) is 8.93. The molecule has 27 heavy (non-hydrogen) atoms. The maximum absolute atomic E-state index is 12.9. The molecule has 1 fully saturated rings. The molecule has 1 aromatic heterocycles. The molecular weight excluding hydrogens is 366 g/mol. The molecule has 0 bridgehead atoms. The molecule has 0 unspecified atom stereocenters. The van der Waals surface area contributed by atoms with E-state index in [0.29, 0.717) is 31.1 Å². The Kier molecular flexibility index (Phi) is 5.76. The summed E-state index contributed by atoms with van der Waals surface area (Å²) in [6, 6.07) is 12.5. The molecule has 7 nitrogen and oxygen atoms in total. The van der Waals surface area contributed by atoms with E-state index in [2.05, 4.69) is 15.6 Å². The van der Waals surface area contributed by atoms with Crippen molar-refractivity contribution < 1.29 is 17.9 Å². The van der Waals surface area contributed by atoms with Crippen LogP contribution in [0.15, 0.2) is 48.7 Å². The van der Waals surface area contributed by atoms with Crippen LogP contribution < -0.4 is 15.4 Å². The third-order valence-corrected chi connectivity index (χ3v) is 6.75. The predicted molar refractivity (Wildman–Crippen MR) is 103 cm³/mol. The summed E-state index contributed by atoms with van der Waals surface area (Å²) in [7, 11) is -3.55. The number of nitrogens with zero attached hydrogens (tertiary/aromatic N) is 1. The lowest BCUT2D eigenvalue weighted by atomic mass is 9.95. The monoisotopic (exact) mass is 389 g/mol. The van der Waals surface area contributed by atoms with Gasteiger partial charge in [0, 0.05) is 24.2 Å². The first-order valence-electron chi connectivity index (χ1n) is 8.75. The molecule has 0 atom stereocenters. The first kappa shape index (κ1) is 19.3. The minimum atomic E-state index is -3.55. The van der Waals surface area contributed by atoms with Crippen molar-refractivity contribution in [2.24, 2.45) is 0 Å². The van der Waals surface area contributed by atoms with Crippen LogP contribution in [0.5, 0.6) is 5.75 Å². The molecule has 2 heterocycles. The summed E-state index contributed by atoms with van der Waals surface area (Å²) in [5.74, 6) is 0.0746. The summed E-state index contributed by atoms with van der Waals surface area (Å²) >= 11 is 0. The number of rotatable bonds is 6. The van der Waals surface area contributed by atoms with Crippen LogP contribution in [0, 0.1) is 0 Å². The summed E-state index contributed by atoms with van der Waals surface area (Å²) in [5.41, 5.74) is 1.29. The molecule has 1 amide bonds. The number of sulfone groups is 1. The first-order valence-corrected chi connectivity index (χ1v) is 10.6. The molecule has 2 aromatic rings. The zero-order chi connectivity index (χ0) is 19.3. The van der Waals surface area contributed by atoms with E-state index >= 15 is 0 Å². The fraction of sp³-hybridized carbons (Fsp3) is 0.368. The van der Waals surface area contributed by atoms with Gasteiger partial charge in [-0.2, -0.15) is 0 Å². The predicted octanol–water partition coefficient (Wildman–Crippen LogP) is 1.77. The van der Waals surface area contributed by atoms with Crippen molar-refractivity contribution in [3.63, 3.8) is 0 Å². The number of carbonyl (C=O) groups is 1. The van der Waals surface area contributed by atoms with Crippen LogP contribution in [0.4, 0.5) is 5.69 Å². The van der Waals surface area contributed by atoms with Crippen LogP contribution in [-0.2, 0) is 21.2 Å². The Labute approximate surface area is 159 Å². The van der Waals surface area contributed by atoms with E-state index in [0.717, 1.165) is 11.9 Å². The van der Waals surface area contributed by atoms with Gasteiger partial charge < -0.3 is 15.4 Å². The number of hydrogen-bond donors (Lipinski definition) is 2. The normalized spacial score (nSPS) is 16.5. The van der Waals surface area contributed by atoms with Crippen LogP contribution in [0.2, 0.25) is 0 Å². The fourth-order valence-corrected chi connectivity index (χ4v) is 4.48. The Morgan fingerprint density at radius 3 is 2.67 bits per heavy atom. The lowest BCUT2D eigenvalue weighted by Gasteiger charge is -2.34. The summed E-state index contributed by atoms with van der Waals surface area (Å²) < 4.78 is 29.0. The van der Waals surface area contributed by atoms with Crippen LogP contribution in [0.1, 0.15) is 18.5 Å². The van der Waals surface area contributed by atoms with E-state index in [9.17, 15) is 13.2 Å². The maximum atomic E-state index is 12.9. The molecule has 3 rings (SSSR count). The van der Waals surface area contributed by atoms with Gasteiger partial charge in [-0.25, -0.2) is 8.42 Å². The Hall–Kier alpha value is -2.45. The van der Waals surface area contributed by atoms with E-state index in [1.165, 1.54) is 0 Å². The highest BCUT2D eigenvalue weighted by molar-refractivity contribution is 7.92. The average molecular weight is 389 g/mol. The highest BCUT2D eigenvalue weighted by Gasteiger charge is 2.48. The van der Waals surface area contributed by atoms with E-state index in [1.54, 1.807) is 30.5 Å². The van der Waals surface area contributed by atoms with Gasteiger partial charge in [-0.1, -0.05) is 12.1 Å². The summed E-state index contributed by atoms with van der Waals surface area (Å²) in [6.07, 6.45) is 3.34. The van der Waals surface area contributed by atoms with Gasteiger partial charge in [-0.05, 0) is 50.2 Å². The van der Waals surface area contributed by atoms with Gasteiger partial charge >= 0.3 is 0 Å². The third-order valence-electron chi connectivity index (χ3n) is 4.74. The zero-order valence-electron chi connectivity index (χ0n) is 15.1. The molecule has 0 saturated carbocycles. The molecule has 1 aromatic carbocycles. The minimum absolute atomic E-state index is 0.257. The lowest BCUT2D eigenvalue weighted by Crippen LogP contribution is -2.55. The van der Waals surface area contributed by atoms with Gasteiger partial charge in [0.25, 0.3) is 0 Å². The molecule has 0 radical (unpaired) electrons. The Bertz CT molecular complexity index is 894. The highest BCUT2D eigenvalue weighted by Crippen LogP contribution is 2.30. The van der Waals surface area contributed by atoms with E-state index in [-0.39, 0.29) is 12.8 Å². The number of amides is 1. The van der Waals surface area contributed by atoms with E-state index < -0.39 is 20.5 Å². The molecule has 1 aliphatic heterocycles. The number of benzene rings is 1. The van der Waals surface area contributed by atoms with E-state index in [4.69, 9.17) is 4.74 Å². The first-order chi connectivity index (χ1) is 12.9. The van der Waals surface area contributed by atoms with Gasteiger partial charge in [0.1, 0.15) is 12.4 Å². The van der Waals surface area contributed by atoms with E-state index in [1.807, 2.05) is 18.2 Å². The molecular formula is C19H23N3O4S. The van der Waals surface area contributed by atoms with Gasteiger partial charge in [0.15, 0.2) is 14.6 Å². The number of piperidine rings is 1. The van der Waals surface area contributed by atoms with Crippen molar-refractivity contribution >= 4 is 21.4 Å². The number of carbonyl (C=O) groups excluding carboxylic acids is 1. The van der Waals surface area contributed by atoms with Crippen molar-refractivity contribution in [1.82, 2.24) is 10.3 Å². The molecule has 8 heteroatoms. The van der Waals surface area contributed by atoms with Crippen LogP contribution in [0.3, 0.4) is 0 Å². The lowest BCUT2D eigenvalue weighted by molar-refractivity contribution is -0.119. The number of aromatic nitrogens is 1. The van der Waals surface area contributed by atoms with Crippen LogP contribution >= 0.6 is 0 Å². The number of nitrogens with one attached hydrogen (secondary N) is 2. The quantitative estimate of drug-likeness (QED) is 0.781. The second-order valence-electron chi connectivity index (χ2n) is 6.61. The zero-order valence-corrected chi connectivity index (χ0v) is 16.0. The standard InChI is InChI=1S/C19H23N3O4S/c1-27(24,25)19(8-11-20-12-9-19)18(23)22-15-6-4-7-17(13-15)26-14-16-5-2-3-10-21-16/h2-7,10,13,20H,8-9,11-12,14H2,1H3,(H,22,23). The van der Waals surface area contributed by atoms with Crippen molar-refractivity contribution in [2.45, 2.75) is 24.2 Å². The fourth-order valence-electron chi connectivity index (χ4n) is 3.15. The van der Waals surface area contributed by atoms with Gasteiger partial charge in [0.05, 0.1) is 5.69 Å². The number of ether oxygens (including phenoxy) is 1. The van der Waals surface area contributed by atoms with Crippen molar-refractivity contribution in [3.05, 3.63) is 54.4 Å². The molecule has 2 N–H and O–H groups in total. The highest BCUT2D eigenvalue weighted by atomic mass is 32.2. The van der Waals surface area contributed by atoms with Gasteiger partial charge in [-0.3, -0.25) is 9.78 Å². The molecule has 0 aliphatic carbocycles. The van der Waals surface area contributed by atoms with Gasteiger partial charge in [-0.15, -0.1) is 0 Å². The topological polar surface area (TPSA) is 97.4 Å².